The molecule has 1 fully saturated rings. The maximum atomic E-state index is 12.5. The van der Waals surface area contributed by atoms with Gasteiger partial charge >= 0.3 is 17.9 Å². The molecule has 3 N–H and O–H groups in total. The lowest BCUT2D eigenvalue weighted by Gasteiger charge is -2.41. The van der Waals surface area contributed by atoms with Crippen LogP contribution in [0.25, 0.3) is 0 Å². The first-order valence-electron chi connectivity index (χ1n) is 11.2. The minimum atomic E-state index is -2.37. The van der Waals surface area contributed by atoms with Crippen LogP contribution in [0.4, 0.5) is 0 Å². The van der Waals surface area contributed by atoms with Crippen LogP contribution in [-0.2, 0) is 44.7 Å². The molecule has 196 valence electrons. The zero-order valence-corrected chi connectivity index (χ0v) is 19.7. The van der Waals surface area contributed by atoms with Crippen molar-refractivity contribution in [2.24, 2.45) is 0 Å². The van der Waals surface area contributed by atoms with Gasteiger partial charge in [0, 0.05) is 25.8 Å². The lowest BCUT2D eigenvalue weighted by Crippen LogP contribution is -2.61. The highest BCUT2D eigenvalue weighted by atomic mass is 16.7. The molecule has 0 amide bonds. The Bertz CT molecular complexity index is 1020. The van der Waals surface area contributed by atoms with Crippen molar-refractivity contribution >= 4 is 23.7 Å². The number of hydrogen-bond donors (Lipinski definition) is 3. The highest BCUT2D eigenvalue weighted by Crippen LogP contribution is 2.29. The Labute approximate surface area is 206 Å². The monoisotopic (exact) mass is 508 g/mol. The van der Waals surface area contributed by atoms with E-state index in [1.54, 1.807) is 12.1 Å². The Hall–Kier alpha value is -3.32. The summed E-state index contributed by atoms with van der Waals surface area (Å²) in [6.45, 7) is 1.46. The first-order chi connectivity index (χ1) is 17.0. The number of hydrogen-bond acceptors (Lipinski definition) is 12. The molecule has 1 saturated heterocycles. The predicted molar refractivity (Wildman–Crippen MR) is 118 cm³/mol. The van der Waals surface area contributed by atoms with E-state index in [1.165, 1.54) is 18.2 Å². The van der Waals surface area contributed by atoms with Gasteiger partial charge < -0.3 is 39.0 Å². The number of rotatable bonds is 8. The number of carbonyl (C=O) groups is 4. The summed E-state index contributed by atoms with van der Waals surface area (Å²) in [5, 5.41) is 31.3. The molecule has 1 heterocycles. The molecule has 2 aliphatic rings. The average molecular weight is 508 g/mol. The summed E-state index contributed by atoms with van der Waals surface area (Å²) >= 11 is 0. The Kier molecular flexibility index (Phi) is 8.79. The summed E-state index contributed by atoms with van der Waals surface area (Å²) in [4.78, 5) is 47.3. The second-order valence-electron chi connectivity index (χ2n) is 8.33. The number of ether oxygens (including phenoxy) is 5. The van der Waals surface area contributed by atoms with Gasteiger partial charge in [-0.05, 0) is 18.6 Å². The standard InChI is InChI=1S/C24H28O12/c1-13(25)32-12-17-19(28)20(29)21(34-14(2)26)22(36-17)35-16-8-4-3-7-15(16)11-33-23(30)24(31)10-6-5-9-18(24)27/h3-4,6-8,10,17,19-22,28-29,31H,5,9,11-12H2,1-2H3. The molecule has 6 atom stereocenters. The van der Waals surface area contributed by atoms with Crippen LogP contribution in [0.3, 0.4) is 0 Å². The van der Waals surface area contributed by atoms with Crippen LogP contribution in [0, 0.1) is 0 Å². The lowest BCUT2D eigenvalue weighted by atomic mass is 9.90. The quantitative estimate of drug-likeness (QED) is 0.181. The Balaban J connectivity index is 1.78. The fourth-order valence-electron chi connectivity index (χ4n) is 3.70. The lowest BCUT2D eigenvalue weighted by molar-refractivity contribution is -0.282. The van der Waals surface area contributed by atoms with E-state index in [0.717, 1.165) is 19.9 Å². The summed E-state index contributed by atoms with van der Waals surface area (Å²) in [5.74, 6) is -3.14. The summed E-state index contributed by atoms with van der Waals surface area (Å²) in [5.41, 5.74) is -2.07. The molecule has 1 aromatic rings. The second-order valence-corrected chi connectivity index (χ2v) is 8.33. The zero-order chi connectivity index (χ0) is 26.5. The Morgan fingerprint density at radius 3 is 2.47 bits per heavy atom. The van der Waals surface area contributed by atoms with Gasteiger partial charge in [0.1, 0.15) is 37.3 Å². The minimum absolute atomic E-state index is 0.00103. The van der Waals surface area contributed by atoms with E-state index < -0.39 is 73.2 Å². The molecule has 1 aliphatic heterocycles. The smallest absolute Gasteiger partial charge is 0.350 e. The number of para-hydroxylation sites is 1. The van der Waals surface area contributed by atoms with Gasteiger partial charge in [-0.1, -0.05) is 24.3 Å². The van der Waals surface area contributed by atoms with Gasteiger partial charge in [-0.25, -0.2) is 4.79 Å². The molecule has 3 rings (SSSR count). The number of aliphatic hydroxyl groups excluding tert-OH is 2. The van der Waals surface area contributed by atoms with Crippen molar-refractivity contribution in [3.8, 4) is 5.75 Å². The average Bonchev–Trinajstić information content (AvgIpc) is 2.83. The summed E-state index contributed by atoms with van der Waals surface area (Å²) in [6, 6.07) is 6.23. The van der Waals surface area contributed by atoms with Crippen molar-refractivity contribution in [1.29, 1.82) is 0 Å². The Morgan fingerprint density at radius 2 is 1.81 bits per heavy atom. The molecule has 1 aliphatic carbocycles. The van der Waals surface area contributed by atoms with Crippen molar-refractivity contribution in [2.45, 2.75) is 69.6 Å². The maximum Gasteiger partial charge on any atom is 0.350 e. The van der Waals surface area contributed by atoms with Crippen LogP contribution in [0.2, 0.25) is 0 Å². The van der Waals surface area contributed by atoms with Crippen molar-refractivity contribution < 1.29 is 58.2 Å². The molecule has 1 aromatic carbocycles. The fraction of sp³-hybridized carbons (Fsp3) is 0.500. The third kappa shape index (κ3) is 6.26. The predicted octanol–water partition coefficient (Wildman–Crippen LogP) is -0.300. The molecule has 36 heavy (non-hydrogen) atoms. The first-order valence-corrected chi connectivity index (χ1v) is 11.2. The van der Waals surface area contributed by atoms with E-state index in [4.69, 9.17) is 23.7 Å². The number of ketones is 1. The van der Waals surface area contributed by atoms with Gasteiger partial charge in [0.2, 0.25) is 11.9 Å². The summed E-state index contributed by atoms with van der Waals surface area (Å²) in [6.07, 6.45) is -4.28. The summed E-state index contributed by atoms with van der Waals surface area (Å²) in [7, 11) is 0. The number of allylic oxidation sites excluding steroid dienone is 1. The van der Waals surface area contributed by atoms with Crippen LogP contribution in [0.1, 0.15) is 32.3 Å². The molecule has 12 nitrogen and oxygen atoms in total. The molecular weight excluding hydrogens is 480 g/mol. The second kappa shape index (κ2) is 11.6. The SMILES string of the molecule is CC(=O)OCC1OC(Oc2ccccc2COC(=O)C2(O)C=CCCC2=O)C(OC(C)=O)C(O)C1O. The van der Waals surface area contributed by atoms with Crippen molar-refractivity contribution in [1.82, 2.24) is 0 Å². The number of aliphatic hydroxyl groups is 3. The van der Waals surface area contributed by atoms with Gasteiger partial charge in [0.25, 0.3) is 0 Å². The third-order valence-corrected chi connectivity index (χ3v) is 5.61. The zero-order valence-electron chi connectivity index (χ0n) is 19.7. The van der Waals surface area contributed by atoms with E-state index in [-0.39, 0.29) is 12.2 Å². The van der Waals surface area contributed by atoms with Gasteiger partial charge in [-0.15, -0.1) is 0 Å². The number of Topliss-reactive ketones (excluding diaryl/α,β-unsaturated/α-hetero) is 1. The molecular formula is C24H28O12. The third-order valence-electron chi connectivity index (χ3n) is 5.61. The van der Waals surface area contributed by atoms with Crippen molar-refractivity contribution in [2.75, 3.05) is 6.61 Å². The van der Waals surface area contributed by atoms with Gasteiger partial charge in [0.15, 0.2) is 11.9 Å². The van der Waals surface area contributed by atoms with Crippen LogP contribution in [0.5, 0.6) is 5.75 Å². The molecule has 0 bridgehead atoms. The first kappa shape index (κ1) is 27.3. The maximum absolute atomic E-state index is 12.5. The Morgan fingerprint density at radius 1 is 1.08 bits per heavy atom. The van der Waals surface area contributed by atoms with Crippen molar-refractivity contribution in [3.63, 3.8) is 0 Å². The number of benzene rings is 1. The molecule has 12 heteroatoms. The minimum Gasteiger partial charge on any atom is -0.463 e. The molecule has 0 spiro atoms. The van der Waals surface area contributed by atoms with E-state index in [1.807, 2.05) is 0 Å². The highest BCUT2D eigenvalue weighted by Gasteiger charge is 2.48. The van der Waals surface area contributed by atoms with Gasteiger partial charge in [0.05, 0.1) is 0 Å². The van der Waals surface area contributed by atoms with Gasteiger partial charge in [-0.3, -0.25) is 14.4 Å². The normalized spacial score (nSPS) is 29.8. The number of carbonyl (C=O) groups excluding carboxylic acids is 4. The molecule has 0 aromatic heterocycles. The van der Waals surface area contributed by atoms with E-state index in [9.17, 15) is 34.5 Å². The van der Waals surface area contributed by atoms with Crippen molar-refractivity contribution in [3.05, 3.63) is 42.0 Å². The highest BCUT2D eigenvalue weighted by molar-refractivity contribution is 6.09. The number of esters is 3. The fourth-order valence-corrected chi connectivity index (χ4v) is 3.70. The molecule has 6 unspecified atom stereocenters. The van der Waals surface area contributed by atoms with Crippen LogP contribution in [0.15, 0.2) is 36.4 Å². The van der Waals surface area contributed by atoms with Crippen LogP contribution < -0.4 is 4.74 Å². The van der Waals surface area contributed by atoms with E-state index in [2.05, 4.69) is 0 Å². The molecule has 0 saturated carbocycles. The largest absolute Gasteiger partial charge is 0.463 e. The topological polar surface area (TPSA) is 175 Å². The summed E-state index contributed by atoms with van der Waals surface area (Å²) < 4.78 is 26.6. The van der Waals surface area contributed by atoms with E-state index in [0.29, 0.717) is 12.0 Å². The van der Waals surface area contributed by atoms with Gasteiger partial charge in [-0.2, -0.15) is 0 Å². The van der Waals surface area contributed by atoms with E-state index >= 15 is 0 Å². The van der Waals surface area contributed by atoms with Crippen LogP contribution >= 0.6 is 0 Å². The van der Waals surface area contributed by atoms with Crippen LogP contribution in [-0.4, -0.2) is 81.9 Å². The molecule has 0 radical (unpaired) electrons.